The van der Waals surface area contributed by atoms with E-state index in [1.807, 2.05) is 24.3 Å². The number of nitrogens with zero attached hydrogens (tertiary/aromatic N) is 1. The normalized spacial score (nSPS) is 11.7. The molecule has 0 radical (unpaired) electrons. The Bertz CT molecular complexity index is 700. The van der Waals surface area contributed by atoms with Gasteiger partial charge >= 0.3 is 6.09 Å². The summed E-state index contributed by atoms with van der Waals surface area (Å²) in [4.78, 5) is 16.0. The van der Waals surface area contributed by atoms with E-state index in [9.17, 15) is 4.79 Å². The van der Waals surface area contributed by atoms with Crippen molar-refractivity contribution >= 4 is 35.3 Å². The zero-order valence-corrected chi connectivity index (χ0v) is 13.1. The van der Waals surface area contributed by atoms with Gasteiger partial charge < -0.3 is 4.74 Å². The first-order valence-corrected chi connectivity index (χ1v) is 7.37. The van der Waals surface area contributed by atoms with Crippen LogP contribution in [-0.4, -0.2) is 22.9 Å². The number of hydrogen-bond donors (Lipinski definition) is 2. The number of anilines is 1. The molecule has 114 valence electrons. The fourth-order valence-electron chi connectivity index (χ4n) is 1.89. The first kappa shape index (κ1) is 16.1. The van der Waals surface area contributed by atoms with Crippen LogP contribution < -0.4 is 5.32 Å². The van der Waals surface area contributed by atoms with Gasteiger partial charge in [0, 0.05) is 11.6 Å². The lowest BCUT2D eigenvalue weighted by molar-refractivity contribution is 0.164. The molecule has 1 unspecified atom stereocenters. The number of benzene rings is 1. The molecule has 2 aromatic rings. The molecule has 4 nitrogen and oxygen atoms in total. The SMILES string of the molecule is C=CCC(=C)C(S)COC(=O)Nc1cc2ccccc2cn1. The molecule has 2 rings (SSSR count). The monoisotopic (exact) mass is 314 g/mol. The third-order valence-corrected chi connectivity index (χ3v) is 3.63. The largest absolute Gasteiger partial charge is 0.448 e. The summed E-state index contributed by atoms with van der Waals surface area (Å²) < 4.78 is 5.13. The van der Waals surface area contributed by atoms with Gasteiger partial charge in [0.2, 0.25) is 0 Å². The summed E-state index contributed by atoms with van der Waals surface area (Å²) in [5.74, 6) is 0.448. The molecule has 1 atom stereocenters. The molecule has 0 aliphatic rings. The van der Waals surface area contributed by atoms with Gasteiger partial charge in [0.05, 0.1) is 5.25 Å². The molecule has 0 saturated carbocycles. The summed E-state index contributed by atoms with van der Waals surface area (Å²) in [7, 11) is 0. The van der Waals surface area contributed by atoms with Gasteiger partial charge in [-0.1, -0.05) is 42.5 Å². The molecule has 1 amide bonds. The summed E-state index contributed by atoms with van der Waals surface area (Å²) in [5, 5.41) is 4.40. The minimum Gasteiger partial charge on any atom is -0.448 e. The molecule has 1 aromatic carbocycles. The number of fused-ring (bicyclic) bond motifs is 1. The molecular weight excluding hydrogens is 296 g/mol. The third-order valence-electron chi connectivity index (χ3n) is 3.11. The lowest BCUT2D eigenvalue weighted by Gasteiger charge is -2.13. The first-order chi connectivity index (χ1) is 10.6. The van der Waals surface area contributed by atoms with E-state index < -0.39 is 6.09 Å². The summed E-state index contributed by atoms with van der Waals surface area (Å²) in [6.07, 6.45) is 3.53. The molecule has 1 aromatic heterocycles. The molecule has 1 heterocycles. The van der Waals surface area contributed by atoms with Gasteiger partial charge in [-0.25, -0.2) is 9.78 Å². The van der Waals surface area contributed by atoms with Crippen molar-refractivity contribution in [2.75, 3.05) is 11.9 Å². The topological polar surface area (TPSA) is 51.2 Å². The fourth-order valence-corrected chi connectivity index (χ4v) is 2.07. The maximum atomic E-state index is 11.8. The van der Waals surface area contributed by atoms with Gasteiger partial charge in [-0.2, -0.15) is 12.6 Å². The first-order valence-electron chi connectivity index (χ1n) is 6.85. The Hall–Kier alpha value is -2.27. The molecule has 5 heteroatoms. The summed E-state index contributed by atoms with van der Waals surface area (Å²) in [6, 6.07) is 9.58. The Morgan fingerprint density at radius 1 is 1.41 bits per heavy atom. The molecule has 0 aliphatic carbocycles. The van der Waals surface area contributed by atoms with Gasteiger partial charge in [0.25, 0.3) is 0 Å². The highest BCUT2D eigenvalue weighted by molar-refractivity contribution is 7.81. The van der Waals surface area contributed by atoms with Crippen LogP contribution in [0, 0.1) is 0 Å². The molecule has 0 spiro atoms. The van der Waals surface area contributed by atoms with Crippen LogP contribution >= 0.6 is 12.6 Å². The minimum atomic E-state index is -0.562. The number of aromatic nitrogens is 1. The van der Waals surface area contributed by atoms with Crippen LogP contribution in [0.2, 0.25) is 0 Å². The average molecular weight is 314 g/mol. The van der Waals surface area contributed by atoms with E-state index in [1.54, 1.807) is 18.3 Å². The van der Waals surface area contributed by atoms with Gasteiger partial charge in [0.15, 0.2) is 0 Å². The second-order valence-corrected chi connectivity index (χ2v) is 5.43. The van der Waals surface area contributed by atoms with E-state index >= 15 is 0 Å². The Kier molecular flexibility index (Phi) is 5.61. The van der Waals surface area contributed by atoms with Gasteiger partial charge in [-0.3, -0.25) is 5.32 Å². The molecule has 1 N–H and O–H groups in total. The number of ether oxygens (including phenoxy) is 1. The number of hydrogen-bond acceptors (Lipinski definition) is 4. The predicted octanol–water partition coefficient (Wildman–Crippen LogP) is 4.21. The van der Waals surface area contributed by atoms with Crippen molar-refractivity contribution in [2.45, 2.75) is 11.7 Å². The molecular formula is C17H18N2O2S. The van der Waals surface area contributed by atoms with E-state index in [1.165, 1.54) is 0 Å². The second kappa shape index (κ2) is 7.66. The van der Waals surface area contributed by atoms with Crippen molar-refractivity contribution in [3.63, 3.8) is 0 Å². The standard InChI is InChI=1S/C17H18N2O2S/c1-3-6-12(2)15(22)11-21-17(20)19-16-9-13-7-4-5-8-14(13)10-18-16/h3-5,7-10,15,22H,1-2,6,11H2,(H,18,19,20). The maximum absolute atomic E-state index is 11.8. The fraction of sp³-hybridized carbons (Fsp3) is 0.176. The van der Waals surface area contributed by atoms with Crippen LogP contribution in [0.4, 0.5) is 10.6 Å². The van der Waals surface area contributed by atoms with Gasteiger partial charge in [-0.05, 0) is 17.9 Å². The van der Waals surface area contributed by atoms with Crippen molar-refractivity contribution in [3.8, 4) is 0 Å². The average Bonchev–Trinajstić information content (AvgIpc) is 2.52. The van der Waals surface area contributed by atoms with Crippen molar-refractivity contribution in [3.05, 3.63) is 61.3 Å². The van der Waals surface area contributed by atoms with Crippen LogP contribution in [0.3, 0.4) is 0 Å². The summed E-state index contributed by atoms with van der Waals surface area (Å²) >= 11 is 4.34. The van der Waals surface area contributed by atoms with Crippen LogP contribution in [0.15, 0.2) is 61.3 Å². The number of thiol groups is 1. The molecule has 0 aliphatic heterocycles. The highest BCUT2D eigenvalue weighted by atomic mass is 32.1. The zero-order chi connectivity index (χ0) is 15.9. The number of carbonyl (C=O) groups excluding carboxylic acids is 1. The highest BCUT2D eigenvalue weighted by Crippen LogP contribution is 2.16. The van der Waals surface area contributed by atoms with E-state index in [0.717, 1.165) is 16.3 Å². The third kappa shape index (κ3) is 4.36. The van der Waals surface area contributed by atoms with Crippen LogP contribution in [-0.2, 0) is 4.74 Å². The lowest BCUT2D eigenvalue weighted by atomic mass is 10.1. The lowest BCUT2D eigenvalue weighted by Crippen LogP contribution is -2.20. The zero-order valence-electron chi connectivity index (χ0n) is 12.2. The van der Waals surface area contributed by atoms with E-state index in [0.29, 0.717) is 12.2 Å². The maximum Gasteiger partial charge on any atom is 0.412 e. The Labute approximate surface area is 135 Å². The van der Waals surface area contributed by atoms with Crippen molar-refractivity contribution < 1.29 is 9.53 Å². The van der Waals surface area contributed by atoms with Crippen molar-refractivity contribution in [2.24, 2.45) is 0 Å². The summed E-state index contributed by atoms with van der Waals surface area (Å²) in [6.45, 7) is 7.65. The quantitative estimate of drug-likeness (QED) is 0.620. The molecule has 22 heavy (non-hydrogen) atoms. The molecule has 0 saturated heterocycles. The number of nitrogens with one attached hydrogen (secondary N) is 1. The Morgan fingerprint density at radius 3 is 2.86 bits per heavy atom. The number of allylic oxidation sites excluding steroid dienone is 1. The van der Waals surface area contributed by atoms with Crippen molar-refractivity contribution in [1.82, 2.24) is 4.98 Å². The number of rotatable bonds is 6. The van der Waals surface area contributed by atoms with E-state index in [2.05, 4.69) is 36.1 Å². The molecule has 0 bridgehead atoms. The van der Waals surface area contributed by atoms with Crippen LogP contribution in [0.25, 0.3) is 10.8 Å². The smallest absolute Gasteiger partial charge is 0.412 e. The van der Waals surface area contributed by atoms with Crippen LogP contribution in [0.1, 0.15) is 6.42 Å². The highest BCUT2D eigenvalue weighted by Gasteiger charge is 2.11. The van der Waals surface area contributed by atoms with Crippen molar-refractivity contribution in [1.29, 1.82) is 0 Å². The predicted molar refractivity (Wildman–Crippen MR) is 93.4 cm³/mol. The summed E-state index contributed by atoms with van der Waals surface area (Å²) in [5.41, 5.74) is 0.856. The number of amides is 1. The second-order valence-electron chi connectivity index (χ2n) is 4.81. The minimum absolute atomic E-state index is 0.148. The van der Waals surface area contributed by atoms with Gasteiger partial charge in [-0.15, -0.1) is 6.58 Å². The Balaban J connectivity index is 1.90. The van der Waals surface area contributed by atoms with Crippen LogP contribution in [0.5, 0.6) is 0 Å². The number of carbonyl (C=O) groups is 1. The Morgan fingerprint density at radius 2 is 2.14 bits per heavy atom. The van der Waals surface area contributed by atoms with Gasteiger partial charge in [0.1, 0.15) is 12.4 Å². The van der Waals surface area contributed by atoms with E-state index in [-0.39, 0.29) is 11.9 Å². The number of pyridine rings is 1. The molecule has 0 fully saturated rings. The van der Waals surface area contributed by atoms with E-state index in [4.69, 9.17) is 4.74 Å².